The van der Waals surface area contributed by atoms with Gasteiger partial charge in [0.05, 0.1) is 30.3 Å². The van der Waals surface area contributed by atoms with Crippen molar-refractivity contribution in [3.05, 3.63) is 52.2 Å². The third kappa shape index (κ3) is 6.65. The van der Waals surface area contributed by atoms with Gasteiger partial charge >= 0.3 is 0 Å². The van der Waals surface area contributed by atoms with Gasteiger partial charge in [0.15, 0.2) is 0 Å². The Morgan fingerprint density at radius 2 is 1.91 bits per heavy atom. The van der Waals surface area contributed by atoms with E-state index in [1.54, 1.807) is 35.5 Å². The minimum absolute atomic E-state index is 0.0356. The molecule has 0 spiro atoms. The van der Waals surface area contributed by atoms with Crippen molar-refractivity contribution in [3.8, 4) is 5.75 Å². The van der Waals surface area contributed by atoms with Gasteiger partial charge in [-0.05, 0) is 34.6 Å². The van der Waals surface area contributed by atoms with Crippen LogP contribution in [-0.4, -0.2) is 61.4 Å². The monoisotopic (exact) mass is 471 g/mol. The molecule has 1 atom stereocenters. The molecule has 1 aromatic heterocycles. The molecule has 178 valence electrons. The van der Waals surface area contributed by atoms with Gasteiger partial charge in [-0.25, -0.2) is 5.01 Å². The number of hydrogen-bond donors (Lipinski definition) is 0. The first-order valence-corrected chi connectivity index (χ1v) is 11.9. The number of ether oxygens (including phenoxy) is 2. The summed E-state index contributed by atoms with van der Waals surface area (Å²) in [4.78, 5) is 29.0. The molecule has 1 aliphatic rings. The van der Waals surface area contributed by atoms with Gasteiger partial charge in [0.25, 0.3) is 5.91 Å². The third-order valence-electron chi connectivity index (χ3n) is 5.40. The third-order valence-corrected chi connectivity index (χ3v) is 6.32. The summed E-state index contributed by atoms with van der Waals surface area (Å²) >= 11 is 1.60. The summed E-state index contributed by atoms with van der Waals surface area (Å²) in [6, 6.07) is 11.5. The van der Waals surface area contributed by atoms with E-state index in [0.29, 0.717) is 26.0 Å². The Labute approximate surface area is 200 Å². The summed E-state index contributed by atoms with van der Waals surface area (Å²) in [6.45, 7) is 6.73. The number of hydrogen-bond acceptors (Lipinski definition) is 6. The van der Waals surface area contributed by atoms with Crippen molar-refractivity contribution >= 4 is 28.9 Å². The number of hydrazone groups is 1. The molecular weight excluding hydrogens is 438 g/mol. The van der Waals surface area contributed by atoms with Crippen LogP contribution in [0.5, 0.6) is 5.75 Å². The van der Waals surface area contributed by atoms with Crippen LogP contribution in [-0.2, 0) is 14.3 Å². The molecule has 0 N–H and O–H groups in total. The van der Waals surface area contributed by atoms with Gasteiger partial charge in [-0.3, -0.25) is 9.59 Å². The summed E-state index contributed by atoms with van der Waals surface area (Å²) in [5, 5.41) is 8.25. The van der Waals surface area contributed by atoms with Crippen LogP contribution in [0.1, 0.15) is 50.1 Å². The Kier molecular flexibility index (Phi) is 8.26. The van der Waals surface area contributed by atoms with E-state index in [1.165, 1.54) is 0 Å². The molecule has 0 saturated carbocycles. The smallest absolute Gasteiger partial charge is 0.262 e. The van der Waals surface area contributed by atoms with Crippen molar-refractivity contribution in [1.82, 2.24) is 9.91 Å². The minimum Gasteiger partial charge on any atom is -0.497 e. The molecule has 1 aliphatic heterocycles. The molecule has 0 bridgehead atoms. The topological polar surface area (TPSA) is 71.4 Å². The maximum absolute atomic E-state index is 13.5. The van der Waals surface area contributed by atoms with Crippen LogP contribution in [0.3, 0.4) is 0 Å². The first-order chi connectivity index (χ1) is 15.7. The lowest BCUT2D eigenvalue weighted by molar-refractivity contribution is -0.143. The summed E-state index contributed by atoms with van der Waals surface area (Å²) in [7, 11) is 3.22. The van der Waals surface area contributed by atoms with Crippen LogP contribution in [0.4, 0.5) is 0 Å². The SMILES string of the molecule is COCCN(CC(=O)N1N=C(c2cccs2)C[C@@H]1c1ccc(OC)cc1)C(=O)CC(C)(C)C. The van der Waals surface area contributed by atoms with E-state index in [0.717, 1.165) is 21.9 Å². The summed E-state index contributed by atoms with van der Waals surface area (Å²) in [5.74, 6) is 0.490. The molecule has 0 saturated heterocycles. The van der Waals surface area contributed by atoms with E-state index >= 15 is 0 Å². The molecule has 0 unspecified atom stereocenters. The lowest BCUT2D eigenvalue weighted by Crippen LogP contribution is -2.43. The number of carbonyl (C=O) groups excluding carboxylic acids is 2. The average molecular weight is 472 g/mol. The van der Waals surface area contributed by atoms with E-state index in [-0.39, 0.29) is 29.8 Å². The number of thiophene rings is 1. The first-order valence-electron chi connectivity index (χ1n) is 11.1. The van der Waals surface area contributed by atoms with Crippen LogP contribution in [0.15, 0.2) is 46.9 Å². The van der Waals surface area contributed by atoms with E-state index in [9.17, 15) is 9.59 Å². The molecule has 3 rings (SSSR count). The molecule has 33 heavy (non-hydrogen) atoms. The Bertz CT molecular complexity index is 965. The lowest BCUT2D eigenvalue weighted by Gasteiger charge is -2.29. The fourth-order valence-corrected chi connectivity index (χ4v) is 4.43. The molecule has 0 fully saturated rings. The molecule has 2 heterocycles. The summed E-state index contributed by atoms with van der Waals surface area (Å²) in [6.07, 6.45) is 0.974. The van der Waals surface area contributed by atoms with Crippen molar-refractivity contribution in [2.75, 3.05) is 33.9 Å². The molecular formula is C25H33N3O4S. The van der Waals surface area contributed by atoms with E-state index < -0.39 is 0 Å². The zero-order valence-corrected chi connectivity index (χ0v) is 20.9. The highest BCUT2D eigenvalue weighted by atomic mass is 32.1. The van der Waals surface area contributed by atoms with Gasteiger partial charge in [-0.2, -0.15) is 5.10 Å². The fourth-order valence-electron chi connectivity index (χ4n) is 3.71. The number of benzene rings is 1. The van der Waals surface area contributed by atoms with E-state index in [1.807, 2.05) is 62.5 Å². The lowest BCUT2D eigenvalue weighted by atomic mass is 9.91. The highest BCUT2D eigenvalue weighted by molar-refractivity contribution is 7.12. The molecule has 2 amide bonds. The molecule has 2 aromatic rings. The van der Waals surface area contributed by atoms with Gasteiger partial charge < -0.3 is 14.4 Å². The van der Waals surface area contributed by atoms with Crippen molar-refractivity contribution in [3.63, 3.8) is 0 Å². The fraction of sp³-hybridized carbons (Fsp3) is 0.480. The van der Waals surface area contributed by atoms with Gasteiger partial charge in [-0.1, -0.05) is 39.0 Å². The average Bonchev–Trinajstić information content (AvgIpc) is 3.45. The van der Waals surface area contributed by atoms with Crippen LogP contribution in [0.25, 0.3) is 0 Å². The van der Waals surface area contributed by atoms with Gasteiger partial charge in [0, 0.05) is 26.5 Å². The molecule has 8 heteroatoms. The van der Waals surface area contributed by atoms with Crippen molar-refractivity contribution < 1.29 is 19.1 Å². The number of carbonyl (C=O) groups is 2. The maximum atomic E-state index is 13.5. The molecule has 7 nitrogen and oxygen atoms in total. The van der Waals surface area contributed by atoms with Crippen LogP contribution < -0.4 is 4.74 Å². The van der Waals surface area contributed by atoms with Gasteiger partial charge in [0.1, 0.15) is 12.3 Å². The Balaban J connectivity index is 1.85. The second-order valence-corrected chi connectivity index (χ2v) is 10.2. The van der Waals surface area contributed by atoms with Crippen LogP contribution in [0, 0.1) is 5.41 Å². The molecule has 1 aromatic carbocycles. The number of nitrogens with zero attached hydrogens (tertiary/aromatic N) is 3. The van der Waals surface area contributed by atoms with E-state index in [2.05, 4.69) is 0 Å². The van der Waals surface area contributed by atoms with E-state index in [4.69, 9.17) is 14.6 Å². The highest BCUT2D eigenvalue weighted by Gasteiger charge is 2.35. The van der Waals surface area contributed by atoms with Crippen molar-refractivity contribution in [1.29, 1.82) is 0 Å². The zero-order valence-electron chi connectivity index (χ0n) is 20.0. The van der Waals surface area contributed by atoms with Gasteiger partial charge in [0.2, 0.25) is 5.91 Å². The minimum atomic E-state index is -0.234. The van der Waals surface area contributed by atoms with Crippen LogP contribution >= 0.6 is 11.3 Å². The standard InChI is InChI=1S/C25H33N3O4S/c1-25(2,3)16-23(29)27(12-13-31-4)17-24(30)28-21(18-8-10-19(32-5)11-9-18)15-20(26-28)22-7-6-14-33-22/h6-11,14,21H,12-13,15-17H2,1-5H3/t21-/m1/s1. The predicted molar refractivity (Wildman–Crippen MR) is 131 cm³/mol. The van der Waals surface area contributed by atoms with Crippen LogP contribution in [0.2, 0.25) is 0 Å². The van der Waals surface area contributed by atoms with Crippen molar-refractivity contribution in [2.45, 2.75) is 39.7 Å². The molecule has 0 aliphatic carbocycles. The molecule has 0 radical (unpaired) electrons. The highest BCUT2D eigenvalue weighted by Crippen LogP contribution is 2.34. The largest absolute Gasteiger partial charge is 0.497 e. The number of amides is 2. The number of rotatable bonds is 9. The predicted octanol–water partition coefficient (Wildman–Crippen LogP) is 4.35. The zero-order chi connectivity index (χ0) is 24.0. The Morgan fingerprint density at radius 1 is 1.18 bits per heavy atom. The normalized spacial score (nSPS) is 16.0. The Morgan fingerprint density at radius 3 is 2.48 bits per heavy atom. The Hall–Kier alpha value is -2.71. The summed E-state index contributed by atoms with van der Waals surface area (Å²) < 4.78 is 10.5. The first kappa shape index (κ1) is 24.9. The second-order valence-electron chi connectivity index (χ2n) is 9.30. The maximum Gasteiger partial charge on any atom is 0.262 e. The number of methoxy groups -OCH3 is 2. The summed E-state index contributed by atoms with van der Waals surface area (Å²) in [5.41, 5.74) is 1.68. The van der Waals surface area contributed by atoms with Crippen molar-refractivity contribution in [2.24, 2.45) is 10.5 Å². The second kappa shape index (κ2) is 10.9. The van der Waals surface area contributed by atoms with Gasteiger partial charge in [-0.15, -0.1) is 11.3 Å². The quantitative estimate of drug-likeness (QED) is 0.545.